The lowest BCUT2D eigenvalue weighted by atomic mass is 10.2. The minimum absolute atomic E-state index is 0.418. The van der Waals surface area contributed by atoms with Crippen LogP contribution in [0.3, 0.4) is 0 Å². The summed E-state index contributed by atoms with van der Waals surface area (Å²) in [7, 11) is 0. The lowest BCUT2D eigenvalue weighted by molar-refractivity contribution is -0.180. The number of hydroxylamine groups is 2. The molecule has 0 aliphatic carbocycles. The van der Waals surface area contributed by atoms with Crippen molar-refractivity contribution in [3.05, 3.63) is 35.2 Å². The largest absolute Gasteiger partial charge is 0.349 e. The Bertz CT molecular complexity index is 590. The number of carbonyl (C=O) groups excluding carboxylic acids is 2. The number of hydrogen-bond donors (Lipinski definition) is 1. The highest BCUT2D eigenvalue weighted by molar-refractivity contribution is 7.19. The van der Waals surface area contributed by atoms with Gasteiger partial charge < -0.3 is 10.6 Å². The minimum Gasteiger partial charge on any atom is -0.349 e. The van der Waals surface area contributed by atoms with Crippen LogP contribution in [0.15, 0.2) is 30.3 Å². The lowest BCUT2D eigenvalue weighted by Gasteiger charge is -2.23. The molecule has 1 atom stereocenters. The highest BCUT2D eigenvalue weighted by atomic mass is 32.1. The Morgan fingerprint density at radius 3 is 2.63 bits per heavy atom. The number of urea groups is 1. The molecule has 1 heterocycles. The summed E-state index contributed by atoms with van der Waals surface area (Å²) in [4.78, 5) is 28.1. The van der Waals surface area contributed by atoms with E-state index in [0.717, 1.165) is 20.0 Å². The Morgan fingerprint density at radius 1 is 1.37 bits per heavy atom. The van der Waals surface area contributed by atoms with Crippen LogP contribution in [-0.2, 0) is 9.63 Å². The summed E-state index contributed by atoms with van der Waals surface area (Å²) in [6.07, 6.45) is 0. The van der Waals surface area contributed by atoms with Gasteiger partial charge in [-0.05, 0) is 24.4 Å². The summed E-state index contributed by atoms with van der Waals surface area (Å²) in [6.45, 7) is 2.99. The first kappa shape index (κ1) is 13.4. The maximum absolute atomic E-state index is 11.3. The van der Waals surface area contributed by atoms with Gasteiger partial charge >= 0.3 is 12.0 Å². The van der Waals surface area contributed by atoms with Crippen LogP contribution < -0.4 is 5.73 Å². The molecule has 2 N–H and O–H groups in total. The molecule has 0 radical (unpaired) electrons. The van der Waals surface area contributed by atoms with E-state index >= 15 is 0 Å². The predicted octanol–water partition coefficient (Wildman–Crippen LogP) is 2.82. The highest BCUT2D eigenvalue weighted by Gasteiger charge is 2.24. The van der Waals surface area contributed by atoms with Gasteiger partial charge in [-0.1, -0.05) is 18.2 Å². The van der Waals surface area contributed by atoms with Crippen LogP contribution >= 0.6 is 11.3 Å². The van der Waals surface area contributed by atoms with Crippen molar-refractivity contribution in [3.8, 4) is 0 Å². The number of amides is 2. The van der Waals surface area contributed by atoms with E-state index in [-0.39, 0.29) is 0 Å². The molecule has 0 aliphatic heterocycles. The zero-order valence-electron chi connectivity index (χ0n) is 10.6. The average molecular weight is 278 g/mol. The molecule has 5 nitrogen and oxygen atoms in total. The number of hydrogen-bond acceptors (Lipinski definition) is 4. The molecule has 100 valence electrons. The summed E-state index contributed by atoms with van der Waals surface area (Å²) < 4.78 is 1.11. The van der Waals surface area contributed by atoms with Gasteiger partial charge in [0.05, 0.1) is 0 Å². The van der Waals surface area contributed by atoms with E-state index < -0.39 is 18.0 Å². The van der Waals surface area contributed by atoms with Gasteiger partial charge in [-0.25, -0.2) is 4.79 Å². The normalized spacial score (nSPS) is 12.1. The minimum atomic E-state index is -0.792. The van der Waals surface area contributed by atoms with Crippen molar-refractivity contribution in [1.29, 1.82) is 0 Å². The van der Waals surface area contributed by atoms with Crippen LogP contribution in [0.2, 0.25) is 0 Å². The van der Waals surface area contributed by atoms with Crippen molar-refractivity contribution in [1.82, 2.24) is 5.06 Å². The van der Waals surface area contributed by atoms with Crippen LogP contribution in [-0.4, -0.2) is 17.1 Å². The van der Waals surface area contributed by atoms with Crippen molar-refractivity contribution in [2.45, 2.75) is 19.9 Å². The average Bonchev–Trinajstić information content (AvgIpc) is 2.78. The fourth-order valence-electron chi connectivity index (χ4n) is 1.78. The fraction of sp³-hybridized carbons (Fsp3) is 0.231. The number of fused-ring (bicyclic) bond motifs is 1. The number of benzene rings is 1. The summed E-state index contributed by atoms with van der Waals surface area (Å²) in [6, 6.07) is 8.63. The summed E-state index contributed by atoms with van der Waals surface area (Å²) in [5, 5.41) is 1.98. The zero-order chi connectivity index (χ0) is 14.0. The van der Waals surface area contributed by atoms with E-state index in [0.29, 0.717) is 0 Å². The molecule has 0 spiro atoms. The third kappa shape index (κ3) is 2.85. The second-order valence-corrected chi connectivity index (χ2v) is 5.22. The van der Waals surface area contributed by atoms with Gasteiger partial charge in [0.25, 0.3) is 0 Å². The van der Waals surface area contributed by atoms with Crippen LogP contribution in [0.25, 0.3) is 10.1 Å². The third-order valence-corrected chi connectivity index (χ3v) is 3.94. The van der Waals surface area contributed by atoms with E-state index in [2.05, 4.69) is 0 Å². The molecule has 0 saturated carbocycles. The van der Waals surface area contributed by atoms with Crippen LogP contribution in [0.5, 0.6) is 0 Å². The number of nitrogens with two attached hydrogens (primary N) is 1. The van der Waals surface area contributed by atoms with Gasteiger partial charge in [0.1, 0.15) is 6.04 Å². The molecule has 1 aromatic heterocycles. The van der Waals surface area contributed by atoms with E-state index in [4.69, 9.17) is 10.6 Å². The maximum atomic E-state index is 11.3. The summed E-state index contributed by atoms with van der Waals surface area (Å²) >= 11 is 1.54. The molecular formula is C13H14N2O3S. The molecule has 0 saturated heterocycles. The van der Waals surface area contributed by atoms with Gasteiger partial charge in [-0.15, -0.1) is 16.4 Å². The Kier molecular flexibility index (Phi) is 3.71. The van der Waals surface area contributed by atoms with Gasteiger partial charge in [-0.2, -0.15) is 0 Å². The van der Waals surface area contributed by atoms with Gasteiger partial charge in [0.15, 0.2) is 0 Å². The first-order valence-electron chi connectivity index (χ1n) is 5.74. The van der Waals surface area contributed by atoms with Gasteiger partial charge in [0, 0.05) is 16.5 Å². The highest BCUT2D eigenvalue weighted by Crippen LogP contribution is 2.32. The maximum Gasteiger partial charge on any atom is 0.348 e. The Hall–Kier alpha value is -2.08. The predicted molar refractivity (Wildman–Crippen MR) is 73.4 cm³/mol. The second kappa shape index (κ2) is 5.27. The first-order chi connectivity index (χ1) is 8.99. The number of primary amides is 1. The van der Waals surface area contributed by atoms with Crippen molar-refractivity contribution in [2.24, 2.45) is 5.73 Å². The van der Waals surface area contributed by atoms with Crippen molar-refractivity contribution < 1.29 is 14.4 Å². The lowest BCUT2D eigenvalue weighted by Crippen LogP contribution is -2.38. The zero-order valence-corrected chi connectivity index (χ0v) is 11.4. The second-order valence-electron chi connectivity index (χ2n) is 4.11. The molecule has 2 amide bonds. The molecular weight excluding hydrogens is 264 g/mol. The van der Waals surface area contributed by atoms with E-state index in [1.165, 1.54) is 18.3 Å². The number of thiophene rings is 1. The molecule has 1 aromatic carbocycles. The van der Waals surface area contributed by atoms with Crippen LogP contribution in [0.4, 0.5) is 4.79 Å². The third-order valence-electron chi connectivity index (χ3n) is 2.65. The number of nitrogens with zero attached hydrogens (tertiary/aromatic N) is 1. The SMILES string of the molecule is CC(=O)ON(C(N)=O)[C@@H](C)c1cc2ccccc2s1. The summed E-state index contributed by atoms with van der Waals surface area (Å²) in [5.41, 5.74) is 5.23. The molecule has 0 unspecified atom stereocenters. The smallest absolute Gasteiger partial charge is 0.348 e. The Morgan fingerprint density at radius 2 is 2.05 bits per heavy atom. The molecule has 2 aromatic rings. The van der Waals surface area contributed by atoms with Crippen LogP contribution in [0.1, 0.15) is 24.8 Å². The number of rotatable bonds is 2. The van der Waals surface area contributed by atoms with E-state index in [1.807, 2.05) is 30.3 Å². The molecule has 0 fully saturated rings. The standard InChI is InChI=1S/C13H14N2O3S/c1-8(15(13(14)17)18-9(2)16)12-7-10-5-3-4-6-11(10)19-12/h3-8H,1-2H3,(H2,14,17)/t8-/m0/s1. The first-order valence-corrected chi connectivity index (χ1v) is 6.56. The fourth-order valence-corrected chi connectivity index (χ4v) is 2.87. The van der Waals surface area contributed by atoms with Gasteiger partial charge in [0.2, 0.25) is 0 Å². The molecule has 6 heteroatoms. The molecule has 0 bridgehead atoms. The molecule has 0 aliphatic rings. The topological polar surface area (TPSA) is 72.6 Å². The van der Waals surface area contributed by atoms with E-state index in [1.54, 1.807) is 6.92 Å². The van der Waals surface area contributed by atoms with E-state index in [9.17, 15) is 9.59 Å². The quantitative estimate of drug-likeness (QED) is 0.858. The molecule has 19 heavy (non-hydrogen) atoms. The molecule has 2 rings (SSSR count). The summed E-state index contributed by atoms with van der Waals surface area (Å²) in [5.74, 6) is -0.577. The van der Waals surface area contributed by atoms with Crippen LogP contribution in [0, 0.1) is 0 Å². The van der Waals surface area contributed by atoms with Crippen molar-refractivity contribution >= 4 is 33.4 Å². The van der Waals surface area contributed by atoms with Crippen molar-refractivity contribution in [3.63, 3.8) is 0 Å². The van der Waals surface area contributed by atoms with Crippen molar-refractivity contribution in [2.75, 3.05) is 0 Å². The Balaban J connectivity index is 2.32. The number of carbonyl (C=O) groups is 2. The van der Waals surface area contributed by atoms with Gasteiger partial charge in [-0.3, -0.25) is 4.79 Å². The Labute approximate surface area is 114 Å². The monoisotopic (exact) mass is 278 g/mol.